The first-order chi connectivity index (χ1) is 19.5. The monoisotopic (exact) mass is 593 g/mol. The van der Waals surface area contributed by atoms with Crippen LogP contribution in [0.25, 0.3) is 0 Å². The third-order valence-corrected chi connectivity index (χ3v) is 8.62. The third-order valence-electron chi connectivity index (χ3n) is 8.62. The minimum atomic E-state index is -0.894. The standard InChI is InChI=1S/C33H55NO8/c1-10-11-12-20(4)31(42-33(34)40)24(8)29(37)22(6)16-18(2)15-21(5)28(36)19(3)13-14-26(35)17-27-23(7)30(38)25(9)32(39)41-27/h10-15,19-31,35-38H,1,16-17H2,2-9H3,(H2,34,40)/b12-11-,14-13-,18-15-/t19-,20-,21-,22+,23-,24-,25+,26+,27+,28-,29+,30-,31-/m0/s1. The van der Waals surface area contributed by atoms with Crippen LogP contribution in [-0.2, 0) is 14.3 Å². The van der Waals surface area contributed by atoms with Crippen molar-refractivity contribution in [3.05, 3.63) is 48.6 Å². The molecule has 0 saturated carbocycles. The van der Waals surface area contributed by atoms with E-state index in [1.165, 1.54) is 0 Å². The van der Waals surface area contributed by atoms with Crippen LogP contribution >= 0.6 is 0 Å². The quantitative estimate of drug-likeness (QED) is 0.101. The van der Waals surface area contributed by atoms with Crippen molar-refractivity contribution < 1.29 is 39.5 Å². The number of carbonyl (C=O) groups excluding carboxylic acids is 2. The molecule has 9 nitrogen and oxygen atoms in total. The van der Waals surface area contributed by atoms with Crippen LogP contribution in [0.1, 0.15) is 68.2 Å². The van der Waals surface area contributed by atoms with E-state index in [-0.39, 0.29) is 41.9 Å². The van der Waals surface area contributed by atoms with Crippen LogP contribution < -0.4 is 5.73 Å². The lowest BCUT2D eigenvalue weighted by molar-refractivity contribution is -0.179. The van der Waals surface area contributed by atoms with Crippen LogP contribution in [0, 0.1) is 41.4 Å². The minimum Gasteiger partial charge on any atom is -0.462 e. The van der Waals surface area contributed by atoms with Gasteiger partial charge in [-0.15, -0.1) is 0 Å². The van der Waals surface area contributed by atoms with Gasteiger partial charge in [0, 0.05) is 36.0 Å². The van der Waals surface area contributed by atoms with Crippen molar-refractivity contribution in [2.75, 3.05) is 0 Å². The van der Waals surface area contributed by atoms with Gasteiger partial charge in [0.2, 0.25) is 0 Å². The summed E-state index contributed by atoms with van der Waals surface area (Å²) < 4.78 is 10.8. The van der Waals surface area contributed by atoms with Gasteiger partial charge >= 0.3 is 12.1 Å². The Morgan fingerprint density at radius 3 is 2.21 bits per heavy atom. The van der Waals surface area contributed by atoms with Gasteiger partial charge in [0.05, 0.1) is 30.3 Å². The number of esters is 1. The van der Waals surface area contributed by atoms with Gasteiger partial charge in [0.15, 0.2) is 0 Å². The second-order valence-electron chi connectivity index (χ2n) is 12.4. The molecule has 1 amide bonds. The van der Waals surface area contributed by atoms with E-state index in [1.54, 1.807) is 38.2 Å². The van der Waals surface area contributed by atoms with Crippen LogP contribution in [0.15, 0.2) is 48.6 Å². The normalized spacial score (nSPS) is 28.3. The van der Waals surface area contributed by atoms with E-state index >= 15 is 0 Å². The summed E-state index contributed by atoms with van der Waals surface area (Å²) in [6.45, 7) is 18.5. The topological polar surface area (TPSA) is 160 Å². The van der Waals surface area contributed by atoms with Crippen LogP contribution in [0.3, 0.4) is 0 Å². The Labute approximate surface area is 252 Å². The number of hydrogen-bond acceptors (Lipinski definition) is 8. The van der Waals surface area contributed by atoms with Crippen LogP contribution in [-0.4, -0.2) is 69.1 Å². The Bertz CT molecular complexity index is 962. The number of primary amides is 1. The van der Waals surface area contributed by atoms with Crippen molar-refractivity contribution in [2.45, 2.75) is 105 Å². The maximum absolute atomic E-state index is 12.0. The van der Waals surface area contributed by atoms with E-state index in [1.807, 2.05) is 53.7 Å². The molecule has 42 heavy (non-hydrogen) atoms. The molecule has 1 heterocycles. The zero-order chi connectivity index (χ0) is 32.3. The highest BCUT2D eigenvalue weighted by Gasteiger charge is 2.41. The number of carbonyl (C=O) groups is 2. The fourth-order valence-electron chi connectivity index (χ4n) is 5.80. The number of ether oxygens (including phenoxy) is 2. The van der Waals surface area contributed by atoms with Crippen LogP contribution in [0.4, 0.5) is 4.79 Å². The molecule has 0 aromatic carbocycles. The second kappa shape index (κ2) is 17.6. The lowest BCUT2D eigenvalue weighted by Gasteiger charge is -2.36. The maximum Gasteiger partial charge on any atom is 0.404 e. The Morgan fingerprint density at radius 2 is 1.64 bits per heavy atom. The highest BCUT2D eigenvalue weighted by Crippen LogP contribution is 2.30. The summed E-state index contributed by atoms with van der Waals surface area (Å²) in [5.74, 6) is -2.52. The molecular weight excluding hydrogens is 538 g/mol. The number of hydrogen-bond donors (Lipinski definition) is 5. The molecule has 1 saturated heterocycles. The largest absolute Gasteiger partial charge is 0.462 e. The first-order valence-electron chi connectivity index (χ1n) is 15.0. The Kier molecular flexibility index (Phi) is 15.7. The molecule has 0 aliphatic carbocycles. The fourth-order valence-corrected chi connectivity index (χ4v) is 5.80. The Hall–Kier alpha value is -2.46. The van der Waals surface area contributed by atoms with Crippen molar-refractivity contribution in [3.8, 4) is 0 Å². The number of nitrogens with two attached hydrogens (primary N) is 1. The predicted octanol–water partition coefficient (Wildman–Crippen LogP) is 4.30. The molecule has 0 bridgehead atoms. The van der Waals surface area contributed by atoms with Crippen LogP contribution in [0.5, 0.6) is 0 Å². The highest BCUT2D eigenvalue weighted by molar-refractivity contribution is 5.73. The van der Waals surface area contributed by atoms with Crippen LogP contribution in [0.2, 0.25) is 0 Å². The van der Waals surface area contributed by atoms with Gasteiger partial charge < -0.3 is 35.6 Å². The molecule has 1 fully saturated rings. The highest BCUT2D eigenvalue weighted by atomic mass is 16.6. The molecule has 13 atom stereocenters. The van der Waals surface area contributed by atoms with Gasteiger partial charge in [-0.3, -0.25) is 4.79 Å². The summed E-state index contributed by atoms with van der Waals surface area (Å²) in [5, 5.41) is 42.8. The summed E-state index contributed by atoms with van der Waals surface area (Å²) in [7, 11) is 0. The average Bonchev–Trinajstić information content (AvgIpc) is 2.93. The summed E-state index contributed by atoms with van der Waals surface area (Å²) in [6, 6.07) is 0. The van der Waals surface area contributed by atoms with Crippen molar-refractivity contribution in [1.82, 2.24) is 0 Å². The van der Waals surface area contributed by atoms with E-state index in [0.29, 0.717) is 6.42 Å². The first-order valence-corrected chi connectivity index (χ1v) is 15.0. The van der Waals surface area contributed by atoms with Gasteiger partial charge in [-0.25, -0.2) is 4.79 Å². The van der Waals surface area contributed by atoms with Crippen molar-refractivity contribution in [3.63, 3.8) is 0 Å². The number of rotatable bonds is 16. The van der Waals surface area contributed by atoms with Gasteiger partial charge in [-0.1, -0.05) is 90.2 Å². The van der Waals surface area contributed by atoms with Gasteiger partial charge in [-0.2, -0.15) is 0 Å². The Morgan fingerprint density at radius 1 is 1.02 bits per heavy atom. The molecule has 0 spiro atoms. The summed E-state index contributed by atoms with van der Waals surface area (Å²) in [5.41, 5.74) is 6.30. The zero-order valence-electron chi connectivity index (χ0n) is 26.6. The molecular formula is C33H55NO8. The summed E-state index contributed by atoms with van der Waals surface area (Å²) >= 11 is 0. The average molecular weight is 594 g/mol. The maximum atomic E-state index is 12.0. The zero-order valence-corrected chi connectivity index (χ0v) is 26.6. The molecule has 1 aliphatic rings. The SMILES string of the molecule is C=C/C=C\[C@H](C)[C@H](OC(N)=O)[C@@H](C)[C@H](O)[C@H](C)C/C(C)=C\[C@H](C)[C@@H](O)[C@@H](C)/C=C\[C@@H](O)C[C@H]1OC(=O)[C@H](C)[C@@H](O)[C@H]1C. The van der Waals surface area contributed by atoms with E-state index in [4.69, 9.17) is 15.2 Å². The van der Waals surface area contributed by atoms with E-state index in [0.717, 1.165) is 5.57 Å². The first kappa shape index (κ1) is 37.6. The molecule has 240 valence electrons. The lowest BCUT2D eigenvalue weighted by atomic mass is 9.81. The number of amides is 1. The number of aliphatic hydroxyl groups excluding tert-OH is 4. The minimum absolute atomic E-state index is 0.152. The number of cyclic esters (lactones) is 1. The van der Waals surface area contributed by atoms with E-state index in [9.17, 15) is 30.0 Å². The van der Waals surface area contributed by atoms with Gasteiger partial charge in [0.1, 0.15) is 12.2 Å². The van der Waals surface area contributed by atoms with Gasteiger partial charge in [-0.05, 0) is 26.2 Å². The molecule has 9 heteroatoms. The molecule has 6 N–H and O–H groups in total. The summed E-state index contributed by atoms with van der Waals surface area (Å²) in [6.07, 6.45) is 6.04. The lowest BCUT2D eigenvalue weighted by Crippen LogP contribution is -2.47. The molecule has 0 unspecified atom stereocenters. The fraction of sp³-hybridized carbons (Fsp3) is 0.697. The smallest absolute Gasteiger partial charge is 0.404 e. The molecule has 0 aromatic rings. The van der Waals surface area contributed by atoms with E-state index in [2.05, 4.69) is 6.58 Å². The van der Waals surface area contributed by atoms with Crippen molar-refractivity contribution >= 4 is 12.1 Å². The summed E-state index contributed by atoms with van der Waals surface area (Å²) in [4.78, 5) is 23.5. The number of allylic oxidation sites excluding steroid dienone is 3. The van der Waals surface area contributed by atoms with Crippen molar-refractivity contribution in [1.29, 1.82) is 0 Å². The molecule has 1 aliphatic heterocycles. The Balaban J connectivity index is 2.76. The third kappa shape index (κ3) is 11.3. The van der Waals surface area contributed by atoms with Crippen molar-refractivity contribution in [2.24, 2.45) is 47.2 Å². The van der Waals surface area contributed by atoms with E-state index < -0.39 is 54.6 Å². The predicted molar refractivity (Wildman–Crippen MR) is 164 cm³/mol. The van der Waals surface area contributed by atoms with Gasteiger partial charge in [0.25, 0.3) is 0 Å². The molecule has 1 rings (SSSR count). The molecule has 0 aromatic heterocycles. The number of aliphatic hydroxyl groups is 4. The molecule has 0 radical (unpaired) electrons. The second-order valence-corrected chi connectivity index (χ2v) is 12.4.